The first-order valence-electron chi connectivity index (χ1n) is 9.72. The summed E-state index contributed by atoms with van der Waals surface area (Å²) in [6.45, 7) is 0.415. The second-order valence-corrected chi connectivity index (χ2v) is 7.84. The molecule has 0 atom stereocenters. The average Bonchev–Trinajstić information content (AvgIpc) is 3.12. The van der Waals surface area contributed by atoms with Gasteiger partial charge in [0.15, 0.2) is 5.82 Å². The maximum absolute atomic E-state index is 13.6. The van der Waals surface area contributed by atoms with Crippen LogP contribution in [0.4, 0.5) is 18.9 Å². The van der Waals surface area contributed by atoms with Crippen LogP contribution in [-0.2, 0) is 19.1 Å². The summed E-state index contributed by atoms with van der Waals surface area (Å²) in [6, 6.07) is 7.47. The Bertz CT molecular complexity index is 1250. The van der Waals surface area contributed by atoms with Crippen molar-refractivity contribution in [2.45, 2.75) is 32.0 Å². The molecule has 3 N–H and O–H groups in total. The van der Waals surface area contributed by atoms with Gasteiger partial charge >= 0.3 is 12.1 Å². The van der Waals surface area contributed by atoms with Crippen LogP contribution in [0.1, 0.15) is 50.6 Å². The summed E-state index contributed by atoms with van der Waals surface area (Å²) in [5.74, 6) is -2.25. The molecule has 3 aromatic rings. The number of alkyl halides is 3. The first-order chi connectivity index (χ1) is 15.1. The molecule has 4 rings (SSSR count). The van der Waals surface area contributed by atoms with Gasteiger partial charge in [-0.3, -0.25) is 4.79 Å². The molecule has 0 saturated carbocycles. The molecule has 1 aromatic heterocycles. The van der Waals surface area contributed by atoms with E-state index in [4.69, 9.17) is 17.3 Å². The number of ketones is 1. The highest BCUT2D eigenvalue weighted by Crippen LogP contribution is 2.37. The molecule has 0 radical (unpaired) electrons. The number of hydrogen-bond acceptors (Lipinski definition) is 4. The number of fused-ring (bicyclic) bond motifs is 1. The number of nitrogen functional groups attached to an aromatic ring is 1. The SMILES string of the molecule is Nc1cc(-c2nc(C(=O)c3c(Cl)cccc3C(F)(F)F)n3c2CCCC3)ccc1C(=O)O. The molecule has 32 heavy (non-hydrogen) atoms. The van der Waals surface area contributed by atoms with Crippen molar-refractivity contribution in [3.63, 3.8) is 0 Å². The van der Waals surface area contributed by atoms with E-state index < -0.39 is 29.1 Å². The monoisotopic (exact) mass is 463 g/mol. The third-order valence-electron chi connectivity index (χ3n) is 5.42. The van der Waals surface area contributed by atoms with Gasteiger partial charge in [-0.05, 0) is 43.5 Å². The highest BCUT2D eigenvalue weighted by atomic mass is 35.5. The van der Waals surface area contributed by atoms with Gasteiger partial charge in [-0.15, -0.1) is 0 Å². The van der Waals surface area contributed by atoms with E-state index in [1.807, 2.05) is 0 Å². The zero-order valence-electron chi connectivity index (χ0n) is 16.5. The second-order valence-electron chi connectivity index (χ2n) is 7.44. The van der Waals surface area contributed by atoms with Crippen molar-refractivity contribution in [2.24, 2.45) is 0 Å². The molecule has 0 aliphatic carbocycles. The fourth-order valence-electron chi connectivity index (χ4n) is 3.96. The largest absolute Gasteiger partial charge is 0.478 e. The van der Waals surface area contributed by atoms with Crippen LogP contribution in [-0.4, -0.2) is 26.4 Å². The second kappa shape index (κ2) is 7.98. The Labute approximate surface area is 185 Å². The van der Waals surface area contributed by atoms with Crippen molar-refractivity contribution in [2.75, 3.05) is 5.73 Å². The van der Waals surface area contributed by atoms with Crippen molar-refractivity contribution >= 4 is 29.0 Å². The number of carboxylic acid groups (broad SMARTS) is 1. The summed E-state index contributed by atoms with van der Waals surface area (Å²) in [5, 5.41) is 8.88. The van der Waals surface area contributed by atoms with Gasteiger partial charge in [-0.2, -0.15) is 13.2 Å². The van der Waals surface area contributed by atoms with Gasteiger partial charge < -0.3 is 15.4 Å². The third kappa shape index (κ3) is 3.73. The quantitative estimate of drug-likeness (QED) is 0.416. The van der Waals surface area contributed by atoms with Crippen LogP contribution in [0.3, 0.4) is 0 Å². The molecule has 0 amide bonds. The van der Waals surface area contributed by atoms with E-state index in [-0.39, 0.29) is 22.1 Å². The van der Waals surface area contributed by atoms with E-state index in [9.17, 15) is 27.9 Å². The molecule has 0 unspecified atom stereocenters. The van der Waals surface area contributed by atoms with Crippen LogP contribution in [0.25, 0.3) is 11.3 Å². The van der Waals surface area contributed by atoms with Gasteiger partial charge in [0.05, 0.1) is 27.4 Å². The van der Waals surface area contributed by atoms with Gasteiger partial charge in [0.25, 0.3) is 0 Å². The summed E-state index contributed by atoms with van der Waals surface area (Å²) < 4.78 is 42.3. The predicted molar refractivity (Wildman–Crippen MR) is 112 cm³/mol. The topological polar surface area (TPSA) is 98.2 Å². The Balaban J connectivity index is 1.88. The molecule has 1 aliphatic rings. The minimum absolute atomic E-state index is 0.0193. The average molecular weight is 464 g/mol. The Kier molecular flexibility index (Phi) is 5.46. The molecule has 2 heterocycles. The minimum atomic E-state index is -4.77. The number of nitrogens with zero attached hydrogens (tertiary/aromatic N) is 2. The number of imidazole rings is 1. The molecule has 1 aliphatic heterocycles. The first kappa shape index (κ1) is 21.9. The molecule has 6 nitrogen and oxygen atoms in total. The number of carboxylic acids is 1. The Hall–Kier alpha value is -3.33. The number of nitrogens with two attached hydrogens (primary N) is 1. The van der Waals surface area contributed by atoms with Crippen LogP contribution in [0.15, 0.2) is 36.4 Å². The fraction of sp³-hybridized carbons (Fsp3) is 0.227. The summed E-state index contributed by atoms with van der Waals surface area (Å²) in [6.07, 6.45) is -2.66. The molecule has 0 bridgehead atoms. The maximum atomic E-state index is 13.6. The fourth-order valence-corrected chi connectivity index (χ4v) is 4.22. The zero-order valence-corrected chi connectivity index (χ0v) is 17.3. The van der Waals surface area contributed by atoms with Gasteiger partial charge in [0.1, 0.15) is 0 Å². The summed E-state index contributed by atoms with van der Waals surface area (Å²) in [5.41, 5.74) is 5.57. The van der Waals surface area contributed by atoms with Crippen molar-refractivity contribution in [1.82, 2.24) is 9.55 Å². The number of aromatic nitrogens is 2. The molecule has 0 saturated heterocycles. The number of hydrogen-bond donors (Lipinski definition) is 2. The van der Waals surface area contributed by atoms with E-state index in [1.54, 1.807) is 4.57 Å². The zero-order chi connectivity index (χ0) is 23.2. The van der Waals surface area contributed by atoms with Crippen molar-refractivity contribution in [1.29, 1.82) is 0 Å². The number of halogens is 4. The molecular weight excluding hydrogens is 447 g/mol. The minimum Gasteiger partial charge on any atom is -0.478 e. The molecule has 166 valence electrons. The van der Waals surface area contributed by atoms with Gasteiger partial charge in [0, 0.05) is 23.5 Å². The molecule has 2 aromatic carbocycles. The highest BCUT2D eigenvalue weighted by molar-refractivity contribution is 6.35. The number of benzene rings is 2. The Morgan fingerprint density at radius 2 is 1.91 bits per heavy atom. The molecule has 0 spiro atoms. The number of aromatic carboxylic acids is 1. The normalized spacial score (nSPS) is 13.6. The molecule has 0 fully saturated rings. The molecular formula is C22H17ClF3N3O3. The molecule has 10 heteroatoms. The first-order valence-corrected chi connectivity index (χ1v) is 10.1. The van der Waals surface area contributed by atoms with Crippen molar-refractivity contribution in [3.05, 3.63) is 69.6 Å². The number of carbonyl (C=O) groups is 2. The lowest BCUT2D eigenvalue weighted by atomic mass is 10.0. The lowest BCUT2D eigenvalue weighted by Gasteiger charge is -2.18. The van der Waals surface area contributed by atoms with E-state index in [0.717, 1.165) is 25.0 Å². The van der Waals surface area contributed by atoms with Gasteiger partial charge in [0.2, 0.25) is 5.78 Å². The van der Waals surface area contributed by atoms with Crippen LogP contribution in [0, 0.1) is 0 Å². The van der Waals surface area contributed by atoms with Crippen molar-refractivity contribution < 1.29 is 27.9 Å². The van der Waals surface area contributed by atoms with Crippen LogP contribution < -0.4 is 5.73 Å². The van der Waals surface area contributed by atoms with E-state index in [1.165, 1.54) is 24.3 Å². The van der Waals surface area contributed by atoms with Crippen LogP contribution in [0.5, 0.6) is 0 Å². The highest BCUT2D eigenvalue weighted by Gasteiger charge is 2.38. The summed E-state index contributed by atoms with van der Waals surface area (Å²) in [7, 11) is 0. The van der Waals surface area contributed by atoms with E-state index >= 15 is 0 Å². The number of carbonyl (C=O) groups excluding carboxylic acids is 1. The number of rotatable bonds is 4. The van der Waals surface area contributed by atoms with Gasteiger partial charge in [-0.1, -0.05) is 23.7 Å². The van der Waals surface area contributed by atoms with Crippen LogP contribution >= 0.6 is 11.6 Å². The Morgan fingerprint density at radius 3 is 2.56 bits per heavy atom. The van der Waals surface area contributed by atoms with Crippen molar-refractivity contribution in [3.8, 4) is 11.3 Å². The van der Waals surface area contributed by atoms with Crippen LogP contribution in [0.2, 0.25) is 5.02 Å². The Morgan fingerprint density at radius 1 is 1.16 bits per heavy atom. The lowest BCUT2D eigenvalue weighted by molar-refractivity contribution is -0.137. The summed E-state index contributed by atoms with van der Waals surface area (Å²) >= 11 is 6.03. The van der Waals surface area contributed by atoms with E-state index in [2.05, 4.69) is 4.98 Å². The predicted octanol–water partition coefficient (Wildman–Crippen LogP) is 5.07. The maximum Gasteiger partial charge on any atom is 0.417 e. The summed E-state index contributed by atoms with van der Waals surface area (Å²) in [4.78, 5) is 28.9. The van der Waals surface area contributed by atoms with Gasteiger partial charge in [-0.25, -0.2) is 9.78 Å². The standard InChI is InChI=1S/C22H17ClF3N3O3/c23-14-5-3-4-13(22(24,25)26)17(14)19(30)20-28-18(16-6-1-2-9-29(16)20)11-7-8-12(21(31)32)15(27)10-11/h3-5,7-8,10H,1-2,6,9,27H2,(H,31,32). The lowest BCUT2D eigenvalue weighted by Crippen LogP contribution is -2.20. The smallest absolute Gasteiger partial charge is 0.417 e. The van der Waals surface area contributed by atoms with E-state index in [0.29, 0.717) is 29.9 Å². The number of anilines is 1. The third-order valence-corrected chi connectivity index (χ3v) is 5.74.